The monoisotopic (exact) mass is 706 g/mol. The van der Waals surface area contributed by atoms with Crippen molar-refractivity contribution in [2.24, 2.45) is 17.3 Å². The van der Waals surface area contributed by atoms with Crippen LogP contribution in [-0.2, 0) is 21.4 Å². The van der Waals surface area contributed by atoms with E-state index in [9.17, 15) is 19.5 Å². The van der Waals surface area contributed by atoms with Crippen LogP contribution in [0.25, 0.3) is 22.5 Å². The largest absolute Gasteiger partial charge is 0.481 e. The van der Waals surface area contributed by atoms with Crippen molar-refractivity contribution >= 4 is 29.1 Å². The Hall–Kier alpha value is -4.37. The number of amides is 2. The Bertz CT molecular complexity index is 1840. The molecule has 6 rings (SSSR count). The lowest BCUT2D eigenvalue weighted by Gasteiger charge is -2.38. The Morgan fingerprint density at radius 2 is 1.43 bits per heavy atom. The molecule has 0 bridgehead atoms. The van der Waals surface area contributed by atoms with E-state index in [0.29, 0.717) is 22.0 Å². The van der Waals surface area contributed by atoms with Crippen molar-refractivity contribution in [2.75, 3.05) is 13.1 Å². The molecular formula is C42H50N4O4S. The second-order valence-electron chi connectivity index (χ2n) is 16.5. The Labute approximate surface area is 305 Å². The van der Waals surface area contributed by atoms with Crippen molar-refractivity contribution in [3.8, 4) is 22.5 Å². The van der Waals surface area contributed by atoms with Crippen LogP contribution < -0.4 is 5.32 Å². The van der Waals surface area contributed by atoms with Gasteiger partial charge in [-0.25, -0.2) is 9.97 Å². The molecule has 2 aromatic carbocycles. The number of carbonyl (C=O) groups excluding carboxylic acids is 2. The summed E-state index contributed by atoms with van der Waals surface area (Å²) >= 11 is 1.42. The molecule has 51 heavy (non-hydrogen) atoms. The van der Waals surface area contributed by atoms with Gasteiger partial charge in [-0.15, -0.1) is 11.3 Å². The molecule has 2 aromatic heterocycles. The summed E-state index contributed by atoms with van der Waals surface area (Å²) < 4.78 is 0. The zero-order valence-corrected chi connectivity index (χ0v) is 31.4. The summed E-state index contributed by atoms with van der Waals surface area (Å²) in [4.78, 5) is 50.7. The van der Waals surface area contributed by atoms with Gasteiger partial charge in [-0.2, -0.15) is 0 Å². The van der Waals surface area contributed by atoms with Crippen LogP contribution in [0, 0.1) is 17.3 Å². The molecule has 1 saturated carbocycles. The van der Waals surface area contributed by atoms with Gasteiger partial charge in [0.1, 0.15) is 6.04 Å². The summed E-state index contributed by atoms with van der Waals surface area (Å²) in [6.07, 6.45) is 9.08. The van der Waals surface area contributed by atoms with Gasteiger partial charge < -0.3 is 15.3 Å². The molecule has 2 fully saturated rings. The Morgan fingerprint density at radius 3 is 1.98 bits per heavy atom. The van der Waals surface area contributed by atoms with Crippen LogP contribution in [0.2, 0.25) is 0 Å². The number of nitrogens with zero attached hydrogens (tertiary/aromatic N) is 3. The summed E-state index contributed by atoms with van der Waals surface area (Å²) in [5.41, 5.74) is 5.48. The average molecular weight is 707 g/mol. The average Bonchev–Trinajstić information content (AvgIpc) is 3.59. The van der Waals surface area contributed by atoms with E-state index in [-0.39, 0.29) is 36.7 Å². The van der Waals surface area contributed by atoms with Crippen molar-refractivity contribution in [1.29, 1.82) is 0 Å². The van der Waals surface area contributed by atoms with E-state index in [1.165, 1.54) is 47.5 Å². The summed E-state index contributed by atoms with van der Waals surface area (Å²) in [6, 6.07) is 19.5. The molecule has 2 N–H and O–H groups in total. The van der Waals surface area contributed by atoms with E-state index >= 15 is 0 Å². The highest BCUT2D eigenvalue weighted by atomic mass is 32.1. The van der Waals surface area contributed by atoms with Crippen molar-refractivity contribution in [1.82, 2.24) is 20.2 Å². The first-order chi connectivity index (χ1) is 24.2. The fourth-order valence-electron chi connectivity index (χ4n) is 7.22. The van der Waals surface area contributed by atoms with Gasteiger partial charge in [0.25, 0.3) is 5.91 Å². The van der Waals surface area contributed by atoms with Crippen LogP contribution in [0.4, 0.5) is 0 Å². The number of thiophene rings is 1. The topological polar surface area (TPSA) is 112 Å². The molecule has 0 radical (unpaired) electrons. The molecule has 2 aliphatic rings. The number of likely N-dealkylation sites (tertiary alicyclic amines) is 1. The molecule has 4 aromatic rings. The number of carboxylic acid groups (broad SMARTS) is 1. The predicted molar refractivity (Wildman–Crippen MR) is 203 cm³/mol. The quantitative estimate of drug-likeness (QED) is 0.181. The second-order valence-corrected chi connectivity index (χ2v) is 17.5. The smallest absolute Gasteiger partial charge is 0.310 e. The maximum Gasteiger partial charge on any atom is 0.310 e. The SMILES string of the molecule is CC(C)(C)c1ccc(C(=O)NC(Cc2ccc(-c3ncc(-c4ccc(C5CCC(C(C)(C)C)CC5)cc4)cn3)cc2)C(=O)N2CC(C(=O)O)C2)s1. The van der Waals surface area contributed by atoms with Crippen molar-refractivity contribution < 1.29 is 19.5 Å². The molecule has 1 unspecified atom stereocenters. The maximum atomic E-state index is 13.5. The number of hydrogen-bond donors (Lipinski definition) is 2. The summed E-state index contributed by atoms with van der Waals surface area (Å²) in [5.74, 6) is -0.0497. The minimum Gasteiger partial charge on any atom is -0.481 e. The second kappa shape index (κ2) is 14.7. The fraction of sp³-hybridized carbons (Fsp3) is 0.452. The van der Waals surface area contributed by atoms with E-state index in [1.54, 1.807) is 6.07 Å². The van der Waals surface area contributed by atoms with Crippen LogP contribution in [0.3, 0.4) is 0 Å². The number of carboxylic acids is 1. The van der Waals surface area contributed by atoms with Crippen LogP contribution >= 0.6 is 11.3 Å². The summed E-state index contributed by atoms with van der Waals surface area (Å²) in [7, 11) is 0. The Morgan fingerprint density at radius 1 is 0.824 bits per heavy atom. The third kappa shape index (κ3) is 8.58. The fourth-order valence-corrected chi connectivity index (χ4v) is 8.19. The molecule has 1 atom stereocenters. The minimum absolute atomic E-state index is 0.0929. The van der Waals surface area contributed by atoms with Gasteiger partial charge in [-0.3, -0.25) is 14.4 Å². The first-order valence-electron chi connectivity index (χ1n) is 18.1. The molecule has 8 nitrogen and oxygen atoms in total. The van der Waals surface area contributed by atoms with E-state index < -0.39 is 17.9 Å². The normalized spacial score (nSPS) is 18.9. The molecule has 3 heterocycles. The van der Waals surface area contributed by atoms with Gasteiger partial charge in [0.2, 0.25) is 5.91 Å². The first kappa shape index (κ1) is 36.4. The van der Waals surface area contributed by atoms with Gasteiger partial charge in [0.15, 0.2) is 5.82 Å². The third-order valence-corrected chi connectivity index (χ3v) is 12.2. The number of aliphatic carboxylic acids is 1. The van der Waals surface area contributed by atoms with E-state index in [4.69, 9.17) is 0 Å². The van der Waals surface area contributed by atoms with Gasteiger partial charge >= 0.3 is 5.97 Å². The predicted octanol–water partition coefficient (Wildman–Crippen LogP) is 8.37. The molecule has 268 valence electrons. The third-order valence-electron chi connectivity index (χ3n) is 10.7. The van der Waals surface area contributed by atoms with Gasteiger partial charge in [-0.05, 0) is 77.2 Å². The Balaban J connectivity index is 1.10. The zero-order valence-electron chi connectivity index (χ0n) is 30.6. The highest BCUT2D eigenvalue weighted by Crippen LogP contribution is 2.43. The van der Waals surface area contributed by atoms with Crippen LogP contribution in [-0.4, -0.2) is 56.9 Å². The molecular weight excluding hydrogens is 657 g/mol. The zero-order chi connectivity index (χ0) is 36.5. The number of rotatable bonds is 9. The molecule has 9 heteroatoms. The lowest BCUT2D eigenvalue weighted by atomic mass is 9.68. The van der Waals surface area contributed by atoms with Gasteiger partial charge in [0, 0.05) is 47.9 Å². The molecule has 1 aliphatic heterocycles. The van der Waals surface area contributed by atoms with Crippen LogP contribution in [0.15, 0.2) is 73.1 Å². The maximum absolute atomic E-state index is 13.5. The highest BCUT2D eigenvalue weighted by molar-refractivity contribution is 7.14. The number of nitrogens with one attached hydrogen (secondary N) is 1. The lowest BCUT2D eigenvalue weighted by Crippen LogP contribution is -2.59. The molecule has 1 aliphatic carbocycles. The van der Waals surface area contributed by atoms with Crippen molar-refractivity contribution in [3.63, 3.8) is 0 Å². The highest BCUT2D eigenvalue weighted by Gasteiger charge is 2.39. The number of benzene rings is 2. The number of carbonyl (C=O) groups is 3. The van der Waals surface area contributed by atoms with Crippen LogP contribution in [0.1, 0.15) is 98.8 Å². The van der Waals surface area contributed by atoms with E-state index in [0.717, 1.165) is 33.0 Å². The molecule has 0 spiro atoms. The van der Waals surface area contributed by atoms with Gasteiger partial charge in [-0.1, -0.05) is 90.1 Å². The summed E-state index contributed by atoms with van der Waals surface area (Å²) in [6.45, 7) is 13.7. The Kier molecular flexibility index (Phi) is 10.5. The summed E-state index contributed by atoms with van der Waals surface area (Å²) in [5, 5.41) is 12.3. The minimum atomic E-state index is -0.916. The standard InChI is InChI=1S/C42H50N4O4S/c1-41(2,3)33-17-15-28(16-18-33)27-11-13-29(14-12-27)31-22-43-37(44-23-31)30-9-7-26(8-10-30)21-34(39(48)46-24-32(25-46)40(49)50)45-38(47)35-19-20-36(51-35)42(4,5)6/h7-14,19-20,22-23,28,32-34H,15-18,21,24-25H2,1-6H3,(H,45,47)(H,49,50). The lowest BCUT2D eigenvalue weighted by molar-refractivity contribution is -0.153. The van der Waals surface area contributed by atoms with E-state index in [2.05, 4.69) is 81.1 Å². The van der Waals surface area contributed by atoms with Gasteiger partial charge in [0.05, 0.1) is 10.8 Å². The first-order valence-corrected chi connectivity index (χ1v) is 18.9. The van der Waals surface area contributed by atoms with Crippen molar-refractivity contribution in [3.05, 3.63) is 93.9 Å². The molecule has 2 amide bonds. The molecule has 1 saturated heterocycles. The van der Waals surface area contributed by atoms with E-state index in [1.807, 2.05) is 42.7 Å². The number of hydrogen-bond acceptors (Lipinski definition) is 6. The van der Waals surface area contributed by atoms with Crippen LogP contribution in [0.5, 0.6) is 0 Å². The number of aromatic nitrogens is 2. The van der Waals surface area contributed by atoms with Crippen molar-refractivity contribution in [2.45, 2.75) is 91.0 Å².